The number of hydrogen-bond donors (Lipinski definition) is 1. The van der Waals surface area contributed by atoms with Gasteiger partial charge >= 0.3 is 5.97 Å². The Labute approximate surface area is 126 Å². The number of nitrogens with zero attached hydrogens (tertiary/aromatic N) is 1. The highest BCUT2D eigenvalue weighted by Gasteiger charge is 2.09. The summed E-state index contributed by atoms with van der Waals surface area (Å²) in [6, 6.07) is 9.54. The predicted octanol–water partition coefficient (Wildman–Crippen LogP) is 2.83. The molecule has 0 aromatic heterocycles. The van der Waals surface area contributed by atoms with Gasteiger partial charge in [-0.25, -0.2) is 0 Å². The summed E-state index contributed by atoms with van der Waals surface area (Å²) < 4.78 is 4.88. The number of aliphatic hydroxyl groups is 1. The van der Waals surface area contributed by atoms with E-state index in [1.807, 2.05) is 12.1 Å². The molecule has 1 N–H and O–H groups in total. The average Bonchev–Trinajstić information content (AvgIpc) is 2.51. The lowest BCUT2D eigenvalue weighted by molar-refractivity contribution is -0.143. The molecule has 1 aromatic rings. The molecule has 0 heterocycles. The molecule has 1 rings (SSSR count). The number of unbranched alkanes of at least 4 members (excludes halogenated alkanes) is 1. The highest BCUT2D eigenvalue weighted by atomic mass is 16.5. The van der Waals surface area contributed by atoms with Crippen LogP contribution in [-0.2, 0) is 16.0 Å². The first-order valence-corrected chi connectivity index (χ1v) is 7.45. The van der Waals surface area contributed by atoms with Gasteiger partial charge in [-0.1, -0.05) is 18.6 Å². The maximum absolute atomic E-state index is 11.2. The first kappa shape index (κ1) is 17.2. The molecule has 4 heteroatoms. The van der Waals surface area contributed by atoms with Crippen molar-refractivity contribution < 1.29 is 14.6 Å². The summed E-state index contributed by atoms with van der Waals surface area (Å²) in [6.45, 7) is 2.37. The number of aliphatic hydroxyl groups excluding tert-OH is 1. The molecule has 0 spiro atoms. The second-order valence-electron chi connectivity index (χ2n) is 5.11. The van der Waals surface area contributed by atoms with Crippen LogP contribution >= 0.6 is 0 Å². The minimum atomic E-state index is -0.148. The third-order valence-electron chi connectivity index (χ3n) is 3.41. The summed E-state index contributed by atoms with van der Waals surface area (Å²) in [5.74, 6) is 0.0465. The fraction of sp³-hybridized carbons (Fsp3) is 0.529. The van der Waals surface area contributed by atoms with Crippen LogP contribution in [0.15, 0.2) is 24.3 Å². The molecular weight excluding hydrogens is 266 g/mol. The van der Waals surface area contributed by atoms with Crippen LogP contribution in [0.4, 0.5) is 0 Å². The van der Waals surface area contributed by atoms with Gasteiger partial charge in [0.25, 0.3) is 0 Å². The number of carbonyl (C=O) groups excluding carboxylic acids is 1. The molecule has 0 fully saturated rings. The Morgan fingerprint density at radius 1 is 1.33 bits per heavy atom. The van der Waals surface area contributed by atoms with E-state index < -0.39 is 0 Å². The van der Waals surface area contributed by atoms with E-state index in [9.17, 15) is 9.90 Å². The van der Waals surface area contributed by atoms with Gasteiger partial charge in [0.1, 0.15) is 0 Å². The first-order valence-electron chi connectivity index (χ1n) is 7.45. The van der Waals surface area contributed by atoms with Gasteiger partial charge in [0.2, 0.25) is 0 Å². The van der Waals surface area contributed by atoms with Crippen LogP contribution in [0.5, 0.6) is 0 Å². The van der Waals surface area contributed by atoms with Gasteiger partial charge < -0.3 is 9.84 Å². The number of hydrogen-bond acceptors (Lipinski definition) is 4. The van der Waals surface area contributed by atoms with Crippen molar-refractivity contribution in [3.63, 3.8) is 0 Å². The summed E-state index contributed by atoms with van der Waals surface area (Å²) >= 11 is 0. The Bertz CT molecular complexity index is 462. The van der Waals surface area contributed by atoms with Crippen molar-refractivity contribution in [2.24, 2.45) is 5.92 Å². The lowest BCUT2D eigenvalue weighted by Gasteiger charge is -2.14. The van der Waals surface area contributed by atoms with Crippen LogP contribution in [0.25, 0.3) is 0 Å². The normalized spacial score (nSPS) is 11.7. The molecule has 0 aliphatic rings. The second kappa shape index (κ2) is 9.95. The quantitative estimate of drug-likeness (QED) is 0.560. The smallest absolute Gasteiger partial charge is 0.305 e. The average molecular weight is 289 g/mol. The number of nitriles is 1. The van der Waals surface area contributed by atoms with Crippen molar-refractivity contribution in [3.05, 3.63) is 35.4 Å². The second-order valence-corrected chi connectivity index (χ2v) is 5.11. The van der Waals surface area contributed by atoms with Gasteiger partial charge in [0, 0.05) is 13.0 Å². The summed E-state index contributed by atoms with van der Waals surface area (Å²) in [4.78, 5) is 11.2. The van der Waals surface area contributed by atoms with Gasteiger partial charge in [-0.3, -0.25) is 4.79 Å². The number of esters is 1. The molecule has 0 aliphatic heterocycles. The van der Waals surface area contributed by atoms with Gasteiger partial charge in [-0.05, 0) is 49.8 Å². The minimum absolute atomic E-state index is 0.138. The molecule has 1 unspecified atom stereocenters. The van der Waals surface area contributed by atoms with Gasteiger partial charge in [-0.2, -0.15) is 5.26 Å². The molecule has 0 aliphatic carbocycles. The zero-order chi connectivity index (χ0) is 15.5. The molecule has 0 radical (unpaired) electrons. The summed E-state index contributed by atoms with van der Waals surface area (Å²) in [6.07, 6.45) is 3.82. The Kier molecular flexibility index (Phi) is 8.15. The number of ether oxygens (including phenoxy) is 1. The SMILES string of the molecule is CCOC(=O)CCCCC(CO)Cc1ccc(C#N)cc1. The van der Waals surface area contributed by atoms with Gasteiger partial charge in [0.15, 0.2) is 0 Å². The van der Waals surface area contributed by atoms with E-state index in [0.29, 0.717) is 18.6 Å². The molecule has 0 saturated carbocycles. The van der Waals surface area contributed by atoms with E-state index in [1.54, 1.807) is 19.1 Å². The number of benzene rings is 1. The fourth-order valence-electron chi connectivity index (χ4n) is 2.24. The molecule has 0 amide bonds. The first-order chi connectivity index (χ1) is 10.2. The van der Waals surface area contributed by atoms with Crippen molar-refractivity contribution in [2.75, 3.05) is 13.2 Å². The third-order valence-corrected chi connectivity index (χ3v) is 3.41. The Hall–Kier alpha value is -1.86. The lowest BCUT2D eigenvalue weighted by atomic mass is 9.94. The van der Waals surface area contributed by atoms with E-state index in [1.165, 1.54) is 0 Å². The number of rotatable bonds is 9. The van der Waals surface area contributed by atoms with E-state index in [2.05, 4.69) is 6.07 Å². The largest absolute Gasteiger partial charge is 0.466 e. The van der Waals surface area contributed by atoms with Crippen LogP contribution in [0, 0.1) is 17.2 Å². The molecule has 1 aromatic carbocycles. The molecule has 21 heavy (non-hydrogen) atoms. The number of carbonyl (C=O) groups is 1. The van der Waals surface area contributed by atoms with E-state index in [-0.39, 0.29) is 18.5 Å². The van der Waals surface area contributed by atoms with Crippen molar-refractivity contribution in [1.29, 1.82) is 5.26 Å². The third kappa shape index (κ3) is 6.92. The molecule has 4 nitrogen and oxygen atoms in total. The zero-order valence-corrected chi connectivity index (χ0v) is 12.5. The van der Waals surface area contributed by atoms with Crippen molar-refractivity contribution in [1.82, 2.24) is 0 Å². The summed E-state index contributed by atoms with van der Waals surface area (Å²) in [5, 5.41) is 18.2. The minimum Gasteiger partial charge on any atom is -0.466 e. The predicted molar refractivity (Wildman–Crippen MR) is 80.5 cm³/mol. The maximum atomic E-state index is 11.2. The van der Waals surface area contributed by atoms with Crippen LogP contribution < -0.4 is 0 Å². The van der Waals surface area contributed by atoms with Crippen molar-refractivity contribution >= 4 is 5.97 Å². The van der Waals surface area contributed by atoms with Gasteiger partial charge in [-0.15, -0.1) is 0 Å². The standard InChI is InChI=1S/C17H23NO3/c1-2-21-17(20)6-4-3-5-16(13-19)11-14-7-9-15(12-18)10-8-14/h7-10,16,19H,2-6,11,13H2,1H3. The Balaban J connectivity index is 2.31. The van der Waals surface area contributed by atoms with Crippen LogP contribution in [-0.4, -0.2) is 24.3 Å². The molecule has 114 valence electrons. The van der Waals surface area contributed by atoms with Gasteiger partial charge in [0.05, 0.1) is 18.2 Å². The fourth-order valence-corrected chi connectivity index (χ4v) is 2.24. The highest BCUT2D eigenvalue weighted by molar-refractivity contribution is 5.69. The van der Waals surface area contributed by atoms with Crippen LogP contribution in [0.3, 0.4) is 0 Å². The molecule has 0 saturated heterocycles. The molecule has 1 atom stereocenters. The van der Waals surface area contributed by atoms with Crippen LogP contribution in [0.2, 0.25) is 0 Å². The summed E-state index contributed by atoms with van der Waals surface area (Å²) in [5.41, 5.74) is 1.77. The highest BCUT2D eigenvalue weighted by Crippen LogP contribution is 2.16. The lowest BCUT2D eigenvalue weighted by Crippen LogP contribution is -2.10. The molecular formula is C17H23NO3. The Morgan fingerprint density at radius 3 is 2.62 bits per heavy atom. The van der Waals surface area contributed by atoms with Crippen LogP contribution in [0.1, 0.15) is 43.7 Å². The topological polar surface area (TPSA) is 70.3 Å². The van der Waals surface area contributed by atoms with Crippen molar-refractivity contribution in [2.45, 2.75) is 39.0 Å². The van der Waals surface area contributed by atoms with E-state index >= 15 is 0 Å². The van der Waals surface area contributed by atoms with Crippen molar-refractivity contribution in [3.8, 4) is 6.07 Å². The molecule has 0 bridgehead atoms. The zero-order valence-electron chi connectivity index (χ0n) is 12.5. The monoisotopic (exact) mass is 289 g/mol. The summed E-state index contributed by atoms with van der Waals surface area (Å²) in [7, 11) is 0. The van der Waals surface area contributed by atoms with E-state index in [4.69, 9.17) is 10.00 Å². The maximum Gasteiger partial charge on any atom is 0.305 e. The van der Waals surface area contributed by atoms with E-state index in [0.717, 1.165) is 31.2 Å². The Morgan fingerprint density at radius 2 is 2.05 bits per heavy atom.